The van der Waals surface area contributed by atoms with Gasteiger partial charge in [0.2, 0.25) is 5.91 Å². The van der Waals surface area contributed by atoms with Crippen LogP contribution in [-0.2, 0) is 14.4 Å². The van der Waals surface area contributed by atoms with Crippen molar-refractivity contribution < 1.29 is 24.6 Å². The molecular formula is C10H16N2O5. The van der Waals surface area contributed by atoms with E-state index in [1.807, 2.05) is 0 Å². The first-order valence-corrected chi connectivity index (χ1v) is 5.43. The van der Waals surface area contributed by atoms with Crippen molar-refractivity contribution in [3.8, 4) is 0 Å². The number of carbonyl (C=O) groups is 3. The van der Waals surface area contributed by atoms with Crippen molar-refractivity contribution in [1.29, 1.82) is 0 Å². The number of hydrogen-bond donors (Lipinski definition) is 3. The maximum atomic E-state index is 11.3. The van der Waals surface area contributed by atoms with E-state index in [4.69, 9.17) is 10.2 Å². The third kappa shape index (κ3) is 4.81. The number of carbonyl (C=O) groups excluding carboxylic acids is 1. The molecule has 1 atom stereocenters. The van der Waals surface area contributed by atoms with Crippen molar-refractivity contribution in [2.24, 2.45) is 0 Å². The molecule has 0 aromatic carbocycles. The fourth-order valence-corrected chi connectivity index (χ4v) is 1.93. The molecule has 0 spiro atoms. The minimum atomic E-state index is -1.09. The van der Waals surface area contributed by atoms with Crippen LogP contribution in [0.3, 0.4) is 0 Å². The minimum absolute atomic E-state index is 0.153. The van der Waals surface area contributed by atoms with Crippen LogP contribution in [0.4, 0.5) is 0 Å². The van der Waals surface area contributed by atoms with Crippen LogP contribution < -0.4 is 5.32 Å². The molecule has 1 aliphatic rings. The molecule has 1 saturated heterocycles. The van der Waals surface area contributed by atoms with Gasteiger partial charge in [-0.2, -0.15) is 0 Å². The molecule has 1 rings (SSSR count). The van der Waals surface area contributed by atoms with Gasteiger partial charge in [0.15, 0.2) is 0 Å². The lowest BCUT2D eigenvalue weighted by Gasteiger charge is -2.27. The van der Waals surface area contributed by atoms with Crippen molar-refractivity contribution in [2.75, 3.05) is 19.6 Å². The summed E-state index contributed by atoms with van der Waals surface area (Å²) in [6, 6.07) is -0.315. The van der Waals surface area contributed by atoms with Crippen LogP contribution in [0, 0.1) is 0 Å². The molecule has 7 nitrogen and oxygen atoms in total. The molecule has 1 fully saturated rings. The second kappa shape index (κ2) is 6.19. The Morgan fingerprint density at radius 1 is 1.29 bits per heavy atom. The Hall–Kier alpha value is -1.63. The zero-order valence-corrected chi connectivity index (χ0v) is 9.39. The number of aliphatic carboxylic acids is 2. The SMILES string of the molecule is O=C(O)CN(CC(=O)O)C1CCCNC(=O)C1. The summed E-state index contributed by atoms with van der Waals surface area (Å²) < 4.78 is 0. The van der Waals surface area contributed by atoms with Gasteiger partial charge in [-0.3, -0.25) is 19.3 Å². The lowest BCUT2D eigenvalue weighted by atomic mass is 10.1. The third-order valence-corrected chi connectivity index (χ3v) is 2.65. The Labute approximate surface area is 98.4 Å². The molecule has 3 N–H and O–H groups in total. The van der Waals surface area contributed by atoms with Crippen LogP contribution in [0.1, 0.15) is 19.3 Å². The fraction of sp³-hybridized carbons (Fsp3) is 0.700. The molecule has 0 bridgehead atoms. The maximum absolute atomic E-state index is 11.3. The Morgan fingerprint density at radius 3 is 2.41 bits per heavy atom. The minimum Gasteiger partial charge on any atom is -0.480 e. The first kappa shape index (κ1) is 13.4. The summed E-state index contributed by atoms with van der Waals surface area (Å²) in [6.45, 7) is -0.155. The summed E-state index contributed by atoms with van der Waals surface area (Å²) >= 11 is 0. The highest BCUT2D eigenvalue weighted by atomic mass is 16.4. The summed E-state index contributed by atoms with van der Waals surface area (Å²) in [4.78, 5) is 34.0. The molecule has 1 unspecified atom stereocenters. The van der Waals surface area contributed by atoms with Gasteiger partial charge in [0, 0.05) is 19.0 Å². The van der Waals surface area contributed by atoms with Crippen LogP contribution in [0.25, 0.3) is 0 Å². The lowest BCUT2D eigenvalue weighted by molar-refractivity contribution is -0.143. The normalized spacial score (nSPS) is 20.8. The highest BCUT2D eigenvalue weighted by molar-refractivity contribution is 5.77. The van der Waals surface area contributed by atoms with Gasteiger partial charge in [-0.05, 0) is 12.8 Å². The van der Waals surface area contributed by atoms with Crippen molar-refractivity contribution in [2.45, 2.75) is 25.3 Å². The largest absolute Gasteiger partial charge is 0.480 e. The van der Waals surface area contributed by atoms with Crippen molar-refractivity contribution in [3.05, 3.63) is 0 Å². The summed E-state index contributed by atoms with van der Waals surface area (Å²) in [5.41, 5.74) is 0. The van der Waals surface area contributed by atoms with E-state index in [0.717, 1.165) is 6.42 Å². The van der Waals surface area contributed by atoms with E-state index in [0.29, 0.717) is 13.0 Å². The topological polar surface area (TPSA) is 107 Å². The molecule has 0 radical (unpaired) electrons. The van der Waals surface area contributed by atoms with Gasteiger partial charge >= 0.3 is 11.9 Å². The summed E-state index contributed by atoms with van der Waals surface area (Å²) in [6.07, 6.45) is 1.51. The number of hydrogen-bond acceptors (Lipinski definition) is 4. The Kier molecular flexibility index (Phi) is 4.89. The maximum Gasteiger partial charge on any atom is 0.317 e. The highest BCUT2D eigenvalue weighted by Gasteiger charge is 2.26. The molecular weight excluding hydrogens is 228 g/mol. The van der Waals surface area contributed by atoms with Gasteiger partial charge in [0.25, 0.3) is 0 Å². The van der Waals surface area contributed by atoms with Crippen molar-refractivity contribution in [1.82, 2.24) is 10.2 Å². The molecule has 0 saturated carbocycles. The van der Waals surface area contributed by atoms with Crippen LogP contribution in [0.15, 0.2) is 0 Å². The lowest BCUT2D eigenvalue weighted by Crippen LogP contribution is -2.43. The van der Waals surface area contributed by atoms with Crippen LogP contribution in [0.2, 0.25) is 0 Å². The third-order valence-electron chi connectivity index (χ3n) is 2.65. The van der Waals surface area contributed by atoms with Gasteiger partial charge in [-0.25, -0.2) is 0 Å². The summed E-state index contributed by atoms with van der Waals surface area (Å²) in [7, 11) is 0. The molecule has 0 aliphatic carbocycles. The van der Waals surface area contributed by atoms with E-state index < -0.39 is 11.9 Å². The first-order chi connectivity index (χ1) is 7.99. The first-order valence-electron chi connectivity index (χ1n) is 5.43. The second-order valence-electron chi connectivity index (χ2n) is 4.04. The van der Waals surface area contributed by atoms with Crippen molar-refractivity contribution >= 4 is 17.8 Å². The average Bonchev–Trinajstić information content (AvgIpc) is 2.40. The van der Waals surface area contributed by atoms with Gasteiger partial charge in [0.05, 0.1) is 13.1 Å². The van der Waals surface area contributed by atoms with Crippen LogP contribution in [0.5, 0.6) is 0 Å². The number of carboxylic acids is 2. The highest BCUT2D eigenvalue weighted by Crippen LogP contribution is 2.13. The van der Waals surface area contributed by atoms with E-state index in [1.165, 1.54) is 4.90 Å². The van der Waals surface area contributed by atoms with Crippen LogP contribution >= 0.6 is 0 Å². The van der Waals surface area contributed by atoms with E-state index >= 15 is 0 Å². The predicted molar refractivity (Wildman–Crippen MR) is 57.5 cm³/mol. The number of rotatable bonds is 5. The monoisotopic (exact) mass is 244 g/mol. The standard InChI is InChI=1S/C10H16N2O5/c13-8-4-7(2-1-3-11-8)12(5-9(14)15)6-10(16)17/h7H,1-6H2,(H,11,13)(H,14,15)(H,16,17). The van der Waals surface area contributed by atoms with Crippen molar-refractivity contribution in [3.63, 3.8) is 0 Å². The number of amides is 1. The molecule has 7 heteroatoms. The number of nitrogens with one attached hydrogen (secondary N) is 1. The molecule has 1 heterocycles. The molecule has 0 aromatic rings. The molecule has 1 amide bonds. The Morgan fingerprint density at radius 2 is 1.88 bits per heavy atom. The number of carboxylic acid groups (broad SMARTS) is 2. The van der Waals surface area contributed by atoms with Gasteiger partial charge < -0.3 is 15.5 Å². The van der Waals surface area contributed by atoms with E-state index in [2.05, 4.69) is 5.32 Å². The molecule has 0 aromatic heterocycles. The quantitative estimate of drug-likeness (QED) is 0.580. The smallest absolute Gasteiger partial charge is 0.317 e. The number of nitrogens with zero attached hydrogens (tertiary/aromatic N) is 1. The van der Waals surface area contributed by atoms with E-state index in [1.54, 1.807) is 0 Å². The van der Waals surface area contributed by atoms with E-state index in [-0.39, 0.29) is 31.5 Å². The molecule has 96 valence electrons. The van der Waals surface area contributed by atoms with Crippen LogP contribution in [-0.4, -0.2) is 58.6 Å². The predicted octanol–water partition coefficient (Wildman–Crippen LogP) is -0.874. The fourth-order valence-electron chi connectivity index (χ4n) is 1.93. The summed E-state index contributed by atoms with van der Waals surface area (Å²) in [5, 5.41) is 20.1. The summed E-state index contributed by atoms with van der Waals surface area (Å²) in [5.74, 6) is -2.33. The van der Waals surface area contributed by atoms with Gasteiger partial charge in [0.1, 0.15) is 0 Å². The molecule has 17 heavy (non-hydrogen) atoms. The van der Waals surface area contributed by atoms with Gasteiger partial charge in [-0.15, -0.1) is 0 Å². The zero-order chi connectivity index (χ0) is 12.8. The van der Waals surface area contributed by atoms with Gasteiger partial charge in [-0.1, -0.05) is 0 Å². The Balaban J connectivity index is 2.68. The zero-order valence-electron chi connectivity index (χ0n) is 9.39. The second-order valence-corrected chi connectivity index (χ2v) is 4.04. The van der Waals surface area contributed by atoms with E-state index in [9.17, 15) is 14.4 Å². The average molecular weight is 244 g/mol. The molecule has 1 aliphatic heterocycles. The Bertz CT molecular complexity index is 302.